The average molecular weight is 314 g/mol. The van der Waals surface area contributed by atoms with Crippen LogP contribution in [0.1, 0.15) is 37.0 Å². The maximum absolute atomic E-state index is 11.6. The van der Waals surface area contributed by atoms with Crippen LogP contribution in [-0.4, -0.2) is 39.4 Å². The number of sulfone groups is 1. The molecule has 6 heteroatoms. The first kappa shape index (κ1) is 17.5. The van der Waals surface area contributed by atoms with Crippen molar-refractivity contribution in [2.45, 2.75) is 26.7 Å². The molecule has 1 aromatic carbocycles. The molecule has 0 unspecified atom stereocenters. The highest BCUT2D eigenvalue weighted by Gasteiger charge is 2.11. The fraction of sp³-hybridized carbons (Fsp3) is 0.533. The molecule has 0 N–H and O–H groups in total. The molecule has 0 aliphatic carbocycles. The first-order valence-electron chi connectivity index (χ1n) is 7.07. The lowest BCUT2D eigenvalue weighted by Gasteiger charge is -2.11. The summed E-state index contributed by atoms with van der Waals surface area (Å²) >= 11 is 0. The van der Waals surface area contributed by atoms with Crippen molar-refractivity contribution in [3.8, 4) is 11.5 Å². The standard InChI is InChI=1S/C15H22O5S/c1-3-7-19-14-6-5-13(12-16)15(11-14)20-8-10-21(17,18)9-4-2/h5-6,11-12H,3-4,7-10H2,1-2H3. The van der Waals surface area contributed by atoms with E-state index in [1.54, 1.807) is 18.2 Å². The zero-order valence-corrected chi connectivity index (χ0v) is 13.3. The van der Waals surface area contributed by atoms with Gasteiger partial charge in [-0.15, -0.1) is 0 Å². The summed E-state index contributed by atoms with van der Waals surface area (Å²) < 4.78 is 34.1. The first-order valence-corrected chi connectivity index (χ1v) is 8.89. The second-order valence-electron chi connectivity index (χ2n) is 4.67. The van der Waals surface area contributed by atoms with Gasteiger partial charge in [0.05, 0.1) is 23.7 Å². The van der Waals surface area contributed by atoms with Crippen molar-refractivity contribution >= 4 is 16.1 Å². The van der Waals surface area contributed by atoms with Crippen LogP contribution in [0.25, 0.3) is 0 Å². The Morgan fingerprint density at radius 2 is 1.81 bits per heavy atom. The van der Waals surface area contributed by atoms with E-state index in [2.05, 4.69) is 0 Å². The monoisotopic (exact) mass is 314 g/mol. The fourth-order valence-electron chi connectivity index (χ4n) is 1.74. The minimum atomic E-state index is -3.09. The van der Waals surface area contributed by atoms with Gasteiger partial charge in [0.1, 0.15) is 18.1 Å². The molecule has 21 heavy (non-hydrogen) atoms. The van der Waals surface area contributed by atoms with Crippen LogP contribution >= 0.6 is 0 Å². The molecule has 0 aromatic heterocycles. The molecule has 0 heterocycles. The minimum absolute atomic E-state index is 0.0282. The summed E-state index contributed by atoms with van der Waals surface area (Å²) in [4.78, 5) is 11.0. The molecule has 118 valence electrons. The van der Waals surface area contributed by atoms with Gasteiger partial charge in [-0.2, -0.15) is 0 Å². The maximum atomic E-state index is 11.6. The quantitative estimate of drug-likeness (QED) is 0.621. The first-order chi connectivity index (χ1) is 10.0. The molecule has 0 radical (unpaired) electrons. The van der Waals surface area contributed by atoms with Crippen LogP contribution in [0.15, 0.2) is 18.2 Å². The molecule has 1 rings (SSSR count). The second-order valence-corrected chi connectivity index (χ2v) is 6.97. The topological polar surface area (TPSA) is 69.7 Å². The van der Waals surface area contributed by atoms with Gasteiger partial charge in [0.25, 0.3) is 0 Å². The van der Waals surface area contributed by atoms with Crippen LogP contribution in [0, 0.1) is 0 Å². The maximum Gasteiger partial charge on any atom is 0.153 e. The van der Waals surface area contributed by atoms with E-state index in [1.807, 2.05) is 13.8 Å². The van der Waals surface area contributed by atoms with Gasteiger partial charge in [-0.05, 0) is 25.0 Å². The molecular formula is C15H22O5S. The van der Waals surface area contributed by atoms with Crippen molar-refractivity contribution < 1.29 is 22.7 Å². The summed E-state index contributed by atoms with van der Waals surface area (Å²) in [6, 6.07) is 4.92. The third-order valence-electron chi connectivity index (χ3n) is 2.75. The van der Waals surface area contributed by atoms with E-state index >= 15 is 0 Å². The van der Waals surface area contributed by atoms with Crippen LogP contribution in [0.4, 0.5) is 0 Å². The van der Waals surface area contributed by atoms with Gasteiger partial charge >= 0.3 is 0 Å². The van der Waals surface area contributed by atoms with Crippen molar-refractivity contribution in [2.75, 3.05) is 24.7 Å². The smallest absolute Gasteiger partial charge is 0.153 e. The third-order valence-corrected chi connectivity index (χ3v) is 4.57. The molecule has 5 nitrogen and oxygen atoms in total. The van der Waals surface area contributed by atoms with E-state index < -0.39 is 9.84 Å². The van der Waals surface area contributed by atoms with Crippen LogP contribution in [-0.2, 0) is 9.84 Å². The summed E-state index contributed by atoms with van der Waals surface area (Å²) in [5.41, 5.74) is 0.381. The summed E-state index contributed by atoms with van der Waals surface area (Å²) in [5, 5.41) is 0. The molecule has 0 atom stereocenters. The normalized spacial score (nSPS) is 11.1. The number of aldehydes is 1. The third kappa shape index (κ3) is 6.16. The van der Waals surface area contributed by atoms with E-state index in [-0.39, 0.29) is 18.1 Å². The van der Waals surface area contributed by atoms with Gasteiger partial charge in [0, 0.05) is 6.07 Å². The van der Waals surface area contributed by atoms with Crippen LogP contribution in [0.5, 0.6) is 11.5 Å². The van der Waals surface area contributed by atoms with E-state index in [1.165, 1.54) is 0 Å². The molecule has 0 aliphatic rings. The average Bonchev–Trinajstić information content (AvgIpc) is 2.45. The van der Waals surface area contributed by atoms with Gasteiger partial charge < -0.3 is 9.47 Å². The molecule has 0 saturated carbocycles. The molecular weight excluding hydrogens is 292 g/mol. The zero-order valence-electron chi connectivity index (χ0n) is 12.5. The van der Waals surface area contributed by atoms with Crippen molar-refractivity contribution in [2.24, 2.45) is 0 Å². The predicted molar refractivity (Wildman–Crippen MR) is 82.1 cm³/mol. The van der Waals surface area contributed by atoms with Crippen molar-refractivity contribution in [1.82, 2.24) is 0 Å². The van der Waals surface area contributed by atoms with Gasteiger partial charge in [0.15, 0.2) is 16.1 Å². The Hall–Kier alpha value is -1.56. The van der Waals surface area contributed by atoms with Crippen LogP contribution < -0.4 is 9.47 Å². The molecule has 0 spiro atoms. The number of rotatable bonds is 10. The summed E-state index contributed by atoms with van der Waals surface area (Å²) in [7, 11) is -3.09. The van der Waals surface area contributed by atoms with E-state index in [9.17, 15) is 13.2 Å². The number of benzene rings is 1. The van der Waals surface area contributed by atoms with E-state index in [0.29, 0.717) is 36.4 Å². The molecule has 0 fully saturated rings. The van der Waals surface area contributed by atoms with Crippen molar-refractivity contribution in [1.29, 1.82) is 0 Å². The number of carbonyl (C=O) groups is 1. The van der Waals surface area contributed by atoms with Gasteiger partial charge in [-0.25, -0.2) is 8.42 Å². The molecule has 0 aliphatic heterocycles. The second kappa shape index (κ2) is 8.67. The number of ether oxygens (including phenoxy) is 2. The Bertz CT molecular complexity index is 551. The number of carbonyl (C=O) groups excluding carboxylic acids is 1. The Morgan fingerprint density at radius 3 is 2.43 bits per heavy atom. The minimum Gasteiger partial charge on any atom is -0.493 e. The molecule has 0 bridgehead atoms. The highest BCUT2D eigenvalue weighted by molar-refractivity contribution is 7.91. The SMILES string of the molecule is CCCOc1ccc(C=O)c(OCCS(=O)(=O)CCC)c1. The zero-order chi connectivity index (χ0) is 15.7. The molecule has 0 amide bonds. The Morgan fingerprint density at radius 1 is 1.05 bits per heavy atom. The van der Waals surface area contributed by atoms with Crippen molar-refractivity contribution in [3.05, 3.63) is 23.8 Å². The Labute approximate surface area is 126 Å². The lowest BCUT2D eigenvalue weighted by atomic mass is 10.2. The van der Waals surface area contributed by atoms with Crippen molar-refractivity contribution in [3.63, 3.8) is 0 Å². The van der Waals surface area contributed by atoms with Gasteiger partial charge in [-0.3, -0.25) is 4.79 Å². The molecule has 1 aromatic rings. The fourth-order valence-corrected chi connectivity index (χ4v) is 2.90. The van der Waals surface area contributed by atoms with E-state index in [4.69, 9.17) is 9.47 Å². The van der Waals surface area contributed by atoms with Crippen LogP contribution in [0.3, 0.4) is 0 Å². The highest BCUT2D eigenvalue weighted by Crippen LogP contribution is 2.24. The Kier molecular flexibility index (Phi) is 7.22. The van der Waals surface area contributed by atoms with Gasteiger partial charge in [0.2, 0.25) is 0 Å². The van der Waals surface area contributed by atoms with Gasteiger partial charge in [-0.1, -0.05) is 13.8 Å². The predicted octanol–water partition coefficient (Wildman–Crippen LogP) is 2.49. The number of hydrogen-bond acceptors (Lipinski definition) is 5. The van der Waals surface area contributed by atoms with Crippen LogP contribution in [0.2, 0.25) is 0 Å². The lowest BCUT2D eigenvalue weighted by molar-refractivity contribution is 0.112. The largest absolute Gasteiger partial charge is 0.493 e. The van der Waals surface area contributed by atoms with E-state index in [0.717, 1.165) is 6.42 Å². The number of hydrogen-bond donors (Lipinski definition) is 0. The Balaban J connectivity index is 2.69. The molecule has 0 saturated heterocycles. The summed E-state index contributed by atoms with van der Waals surface area (Å²) in [6.07, 6.45) is 2.14. The summed E-state index contributed by atoms with van der Waals surface area (Å²) in [5.74, 6) is 1.05. The summed E-state index contributed by atoms with van der Waals surface area (Å²) in [6.45, 7) is 4.42. The highest BCUT2D eigenvalue weighted by atomic mass is 32.2. The lowest BCUT2D eigenvalue weighted by Crippen LogP contribution is -2.17.